The lowest BCUT2D eigenvalue weighted by Crippen LogP contribution is -2.46. The zero-order valence-corrected chi connectivity index (χ0v) is 17.2. The first-order chi connectivity index (χ1) is 11.1. The highest BCUT2D eigenvalue weighted by Gasteiger charge is 2.30. The predicted molar refractivity (Wildman–Crippen MR) is 109 cm³/mol. The average Bonchev–Trinajstić information content (AvgIpc) is 2.98. The molecule has 0 heterocycles. The third-order valence-corrected chi connectivity index (χ3v) is 4.31. The minimum Gasteiger partial charge on any atom is -0.496 e. The van der Waals surface area contributed by atoms with E-state index in [1.165, 1.54) is 5.56 Å². The zero-order valence-electron chi connectivity index (χ0n) is 14.9. The van der Waals surface area contributed by atoms with Gasteiger partial charge in [0.2, 0.25) is 0 Å². The van der Waals surface area contributed by atoms with Gasteiger partial charge in [-0.25, -0.2) is 4.99 Å². The Bertz CT molecular complexity index is 543. The van der Waals surface area contributed by atoms with E-state index in [0.717, 1.165) is 49.5 Å². The molecule has 5 nitrogen and oxygen atoms in total. The first-order valence-corrected chi connectivity index (χ1v) is 8.44. The molecule has 3 N–H and O–H groups in total. The number of hydrogen-bond acceptors (Lipinski definition) is 3. The van der Waals surface area contributed by atoms with Gasteiger partial charge in [-0.1, -0.05) is 25.0 Å². The molecule has 0 atom stereocenters. The summed E-state index contributed by atoms with van der Waals surface area (Å²) in [6.07, 6.45) is 3.94. The van der Waals surface area contributed by atoms with Crippen LogP contribution in [0.3, 0.4) is 0 Å². The largest absolute Gasteiger partial charge is 0.496 e. The second-order valence-electron chi connectivity index (χ2n) is 6.30. The second-order valence-corrected chi connectivity index (χ2v) is 6.30. The Labute approximate surface area is 162 Å². The van der Waals surface area contributed by atoms with Gasteiger partial charge < -0.3 is 20.5 Å². The third-order valence-electron chi connectivity index (χ3n) is 4.31. The van der Waals surface area contributed by atoms with Crippen LogP contribution in [0.15, 0.2) is 23.2 Å². The summed E-state index contributed by atoms with van der Waals surface area (Å²) in [6.45, 7) is 5.95. The highest BCUT2D eigenvalue weighted by molar-refractivity contribution is 14.0. The Balaban J connectivity index is 0.00000288. The summed E-state index contributed by atoms with van der Waals surface area (Å²) in [6, 6.07) is 6.13. The Morgan fingerprint density at radius 1 is 1.29 bits per heavy atom. The number of rotatable bonds is 6. The van der Waals surface area contributed by atoms with Crippen molar-refractivity contribution in [3.8, 4) is 5.75 Å². The van der Waals surface area contributed by atoms with E-state index >= 15 is 0 Å². The number of guanidine groups is 1. The molecule has 0 bridgehead atoms. The Morgan fingerprint density at radius 2 is 2.00 bits per heavy atom. The molecule has 1 aromatic carbocycles. The van der Waals surface area contributed by atoms with Crippen LogP contribution in [0.5, 0.6) is 5.75 Å². The quantitative estimate of drug-likeness (QED) is 0.357. The van der Waals surface area contributed by atoms with Gasteiger partial charge in [-0.05, 0) is 38.3 Å². The number of halogens is 1. The van der Waals surface area contributed by atoms with Gasteiger partial charge in [0.25, 0.3) is 0 Å². The number of ether oxygens (including phenoxy) is 1. The summed E-state index contributed by atoms with van der Waals surface area (Å²) in [5, 5.41) is 16.9. The van der Waals surface area contributed by atoms with Gasteiger partial charge in [-0.15, -0.1) is 24.0 Å². The fourth-order valence-corrected chi connectivity index (χ4v) is 2.95. The Morgan fingerprint density at radius 3 is 2.62 bits per heavy atom. The topological polar surface area (TPSA) is 65.9 Å². The lowest BCUT2D eigenvalue weighted by Gasteiger charge is -2.23. The number of hydrogen-bond donors (Lipinski definition) is 3. The molecule has 0 radical (unpaired) electrons. The SMILES string of the molecule is CCNC(=NCc1ccc(C)cc1OC)NCC1(O)CCCC1.I. The van der Waals surface area contributed by atoms with Crippen molar-refractivity contribution in [3.63, 3.8) is 0 Å². The smallest absolute Gasteiger partial charge is 0.191 e. The monoisotopic (exact) mass is 447 g/mol. The normalized spacial score (nSPS) is 16.4. The summed E-state index contributed by atoms with van der Waals surface area (Å²) in [4.78, 5) is 4.62. The van der Waals surface area contributed by atoms with Crippen LogP contribution >= 0.6 is 24.0 Å². The van der Waals surface area contributed by atoms with Crippen LogP contribution < -0.4 is 15.4 Å². The van der Waals surface area contributed by atoms with Crippen molar-refractivity contribution in [2.45, 2.75) is 51.7 Å². The van der Waals surface area contributed by atoms with Crippen molar-refractivity contribution >= 4 is 29.9 Å². The van der Waals surface area contributed by atoms with Crippen LogP contribution in [0, 0.1) is 6.92 Å². The van der Waals surface area contributed by atoms with E-state index in [-0.39, 0.29) is 24.0 Å². The maximum absolute atomic E-state index is 10.4. The van der Waals surface area contributed by atoms with Gasteiger partial charge in [0.05, 0.1) is 19.3 Å². The maximum Gasteiger partial charge on any atom is 0.191 e. The van der Waals surface area contributed by atoms with Crippen LogP contribution in [0.4, 0.5) is 0 Å². The molecule has 1 saturated carbocycles. The summed E-state index contributed by atoms with van der Waals surface area (Å²) in [7, 11) is 1.68. The van der Waals surface area contributed by atoms with Gasteiger partial charge in [0.1, 0.15) is 5.75 Å². The van der Waals surface area contributed by atoms with E-state index in [9.17, 15) is 5.11 Å². The van der Waals surface area contributed by atoms with Crippen molar-refractivity contribution in [2.75, 3.05) is 20.2 Å². The summed E-state index contributed by atoms with van der Waals surface area (Å²) < 4.78 is 5.43. The number of nitrogens with one attached hydrogen (secondary N) is 2. The molecule has 1 aliphatic carbocycles. The van der Waals surface area contributed by atoms with Crippen LogP contribution in [-0.4, -0.2) is 36.9 Å². The Hall–Kier alpha value is -1.02. The number of aryl methyl sites for hydroxylation is 1. The highest BCUT2D eigenvalue weighted by atomic mass is 127. The van der Waals surface area contributed by atoms with Crippen molar-refractivity contribution in [1.29, 1.82) is 0 Å². The number of nitrogens with zero attached hydrogens (tertiary/aromatic N) is 1. The number of benzene rings is 1. The van der Waals surface area contributed by atoms with Crippen LogP contribution in [0.1, 0.15) is 43.7 Å². The highest BCUT2D eigenvalue weighted by Crippen LogP contribution is 2.28. The molecule has 0 spiro atoms. The predicted octanol–water partition coefficient (Wildman–Crippen LogP) is 2.98. The fraction of sp³-hybridized carbons (Fsp3) is 0.611. The minimum absolute atomic E-state index is 0. The molecule has 0 unspecified atom stereocenters. The number of aliphatic hydroxyl groups is 1. The molecule has 1 aromatic rings. The molecule has 0 aliphatic heterocycles. The average molecular weight is 447 g/mol. The third kappa shape index (κ3) is 6.12. The molecule has 6 heteroatoms. The minimum atomic E-state index is -0.586. The summed E-state index contributed by atoms with van der Waals surface area (Å²) >= 11 is 0. The van der Waals surface area contributed by atoms with Crippen molar-refractivity contribution in [3.05, 3.63) is 29.3 Å². The molecule has 0 amide bonds. The van der Waals surface area contributed by atoms with E-state index in [1.54, 1.807) is 7.11 Å². The lowest BCUT2D eigenvalue weighted by molar-refractivity contribution is 0.0522. The maximum atomic E-state index is 10.4. The zero-order chi connectivity index (χ0) is 16.7. The standard InChI is InChI=1S/C18H29N3O2.HI/c1-4-19-17(21-13-18(22)9-5-6-10-18)20-12-15-8-7-14(2)11-16(15)23-3;/h7-8,11,22H,4-6,9-10,12-13H2,1-3H3,(H2,19,20,21);1H. The molecule has 24 heavy (non-hydrogen) atoms. The number of methoxy groups -OCH3 is 1. The van der Waals surface area contributed by atoms with Gasteiger partial charge in [-0.2, -0.15) is 0 Å². The Kier molecular flexibility index (Phi) is 8.83. The molecule has 0 aromatic heterocycles. The molecule has 0 saturated heterocycles. The van der Waals surface area contributed by atoms with Gasteiger partial charge in [-0.3, -0.25) is 0 Å². The van der Waals surface area contributed by atoms with Crippen molar-refractivity contribution in [1.82, 2.24) is 10.6 Å². The molecule has 2 rings (SSSR count). The van der Waals surface area contributed by atoms with E-state index in [2.05, 4.69) is 21.7 Å². The first-order valence-electron chi connectivity index (χ1n) is 8.44. The van der Waals surface area contributed by atoms with Crippen LogP contribution in [0.2, 0.25) is 0 Å². The van der Waals surface area contributed by atoms with Gasteiger partial charge in [0, 0.05) is 18.7 Å². The second kappa shape index (κ2) is 10.1. The van der Waals surface area contributed by atoms with E-state index < -0.39 is 5.60 Å². The van der Waals surface area contributed by atoms with Crippen LogP contribution in [-0.2, 0) is 6.54 Å². The molecular formula is C18H30IN3O2. The van der Waals surface area contributed by atoms with Gasteiger partial charge in [0.15, 0.2) is 5.96 Å². The van der Waals surface area contributed by atoms with E-state index in [0.29, 0.717) is 13.1 Å². The summed E-state index contributed by atoms with van der Waals surface area (Å²) in [5.74, 6) is 1.59. The van der Waals surface area contributed by atoms with E-state index in [4.69, 9.17) is 4.74 Å². The van der Waals surface area contributed by atoms with Crippen molar-refractivity contribution in [2.24, 2.45) is 4.99 Å². The fourth-order valence-electron chi connectivity index (χ4n) is 2.95. The molecule has 1 fully saturated rings. The molecule has 136 valence electrons. The number of aliphatic imine (C=N–C) groups is 1. The first kappa shape index (κ1) is 21.0. The van der Waals surface area contributed by atoms with Gasteiger partial charge >= 0.3 is 0 Å². The van der Waals surface area contributed by atoms with Crippen LogP contribution in [0.25, 0.3) is 0 Å². The molecule has 1 aliphatic rings. The van der Waals surface area contributed by atoms with E-state index in [1.807, 2.05) is 26.0 Å². The van der Waals surface area contributed by atoms with Crippen molar-refractivity contribution < 1.29 is 9.84 Å². The lowest BCUT2D eigenvalue weighted by atomic mass is 10.0. The molecular weight excluding hydrogens is 417 g/mol. The summed E-state index contributed by atoms with van der Waals surface area (Å²) in [5.41, 5.74) is 1.63.